The van der Waals surface area contributed by atoms with Crippen LogP contribution in [0.1, 0.15) is 16.8 Å². The van der Waals surface area contributed by atoms with Crippen LogP contribution in [0.4, 0.5) is 0 Å². The first-order valence-electron chi connectivity index (χ1n) is 6.62. The molecule has 1 aromatic heterocycles. The predicted molar refractivity (Wildman–Crippen MR) is 79.0 cm³/mol. The molecule has 0 unspecified atom stereocenters. The highest BCUT2D eigenvalue weighted by molar-refractivity contribution is 5.47. The number of hydrogen-bond donors (Lipinski definition) is 1. The number of ether oxygens (including phenoxy) is 2. The van der Waals surface area contributed by atoms with E-state index in [0.29, 0.717) is 36.8 Å². The minimum Gasteiger partial charge on any atom is -0.493 e. The van der Waals surface area contributed by atoms with Crippen LogP contribution in [0.15, 0.2) is 36.5 Å². The number of methoxy groups -OCH3 is 1. The van der Waals surface area contributed by atoms with Gasteiger partial charge in [0.1, 0.15) is 18.4 Å². The van der Waals surface area contributed by atoms with Gasteiger partial charge in [-0.3, -0.25) is 0 Å². The Labute approximate surface area is 123 Å². The molecular weight excluding hydrogens is 266 g/mol. The third-order valence-electron chi connectivity index (χ3n) is 3.02. The first-order valence-corrected chi connectivity index (χ1v) is 6.62. The van der Waals surface area contributed by atoms with Gasteiger partial charge in [0.25, 0.3) is 0 Å². The van der Waals surface area contributed by atoms with Crippen molar-refractivity contribution in [1.82, 2.24) is 4.98 Å². The smallest absolute Gasteiger partial charge is 0.164 e. The van der Waals surface area contributed by atoms with E-state index in [4.69, 9.17) is 20.5 Å². The molecular formula is C16H17N3O2. The van der Waals surface area contributed by atoms with Crippen LogP contribution in [0.3, 0.4) is 0 Å². The minimum atomic E-state index is 0.342. The summed E-state index contributed by atoms with van der Waals surface area (Å²) in [4.78, 5) is 3.94. The van der Waals surface area contributed by atoms with Crippen LogP contribution >= 0.6 is 0 Å². The van der Waals surface area contributed by atoms with E-state index in [1.165, 1.54) is 0 Å². The summed E-state index contributed by atoms with van der Waals surface area (Å²) >= 11 is 0. The Balaban J connectivity index is 2.20. The molecule has 0 aliphatic rings. The fourth-order valence-electron chi connectivity index (χ4n) is 2.02. The van der Waals surface area contributed by atoms with Crippen molar-refractivity contribution in [3.8, 4) is 17.6 Å². The van der Waals surface area contributed by atoms with Crippen LogP contribution in [0.5, 0.6) is 11.5 Å². The van der Waals surface area contributed by atoms with Crippen LogP contribution in [0, 0.1) is 11.3 Å². The van der Waals surface area contributed by atoms with Crippen molar-refractivity contribution in [3.63, 3.8) is 0 Å². The van der Waals surface area contributed by atoms with Gasteiger partial charge in [-0.05, 0) is 42.3 Å². The number of para-hydroxylation sites is 1. The van der Waals surface area contributed by atoms with E-state index in [2.05, 4.69) is 4.98 Å². The SMILES string of the molecule is COc1cccc(CCN)c1OCc1ccnc(C#N)c1. The van der Waals surface area contributed by atoms with Crippen molar-refractivity contribution in [1.29, 1.82) is 5.26 Å². The van der Waals surface area contributed by atoms with Crippen LogP contribution in [0.25, 0.3) is 0 Å². The molecule has 1 aromatic carbocycles. The Hall–Kier alpha value is -2.58. The van der Waals surface area contributed by atoms with E-state index < -0.39 is 0 Å². The normalized spacial score (nSPS) is 9.95. The van der Waals surface area contributed by atoms with Crippen molar-refractivity contribution in [2.45, 2.75) is 13.0 Å². The summed E-state index contributed by atoms with van der Waals surface area (Å²) in [5.41, 5.74) is 7.89. The maximum atomic E-state index is 8.86. The summed E-state index contributed by atoms with van der Waals surface area (Å²) in [7, 11) is 1.61. The Kier molecular flexibility index (Phi) is 5.13. The van der Waals surface area contributed by atoms with E-state index >= 15 is 0 Å². The summed E-state index contributed by atoms with van der Waals surface area (Å²) in [6.45, 7) is 0.881. The average Bonchev–Trinajstić information content (AvgIpc) is 2.54. The highest BCUT2D eigenvalue weighted by Gasteiger charge is 2.10. The monoisotopic (exact) mass is 283 g/mol. The molecule has 2 N–H and O–H groups in total. The zero-order valence-electron chi connectivity index (χ0n) is 11.9. The van der Waals surface area contributed by atoms with Gasteiger partial charge in [0.2, 0.25) is 0 Å². The maximum absolute atomic E-state index is 8.86. The third kappa shape index (κ3) is 3.71. The molecule has 0 spiro atoms. The van der Waals surface area contributed by atoms with Crippen LogP contribution in [-0.4, -0.2) is 18.6 Å². The summed E-state index contributed by atoms with van der Waals surface area (Å²) in [6.07, 6.45) is 2.31. The van der Waals surface area contributed by atoms with Crippen molar-refractivity contribution in [2.75, 3.05) is 13.7 Å². The fraction of sp³-hybridized carbons (Fsp3) is 0.250. The quantitative estimate of drug-likeness (QED) is 0.877. The summed E-state index contributed by atoms with van der Waals surface area (Å²) < 4.78 is 11.2. The topological polar surface area (TPSA) is 81.2 Å². The zero-order valence-corrected chi connectivity index (χ0v) is 11.9. The second-order valence-electron chi connectivity index (χ2n) is 4.44. The van der Waals surface area contributed by atoms with E-state index in [9.17, 15) is 0 Å². The Morgan fingerprint density at radius 3 is 2.90 bits per heavy atom. The van der Waals surface area contributed by atoms with Crippen molar-refractivity contribution in [2.24, 2.45) is 5.73 Å². The first kappa shape index (κ1) is 14.8. The largest absolute Gasteiger partial charge is 0.493 e. The Morgan fingerprint density at radius 1 is 1.33 bits per heavy atom. The van der Waals surface area contributed by atoms with Gasteiger partial charge < -0.3 is 15.2 Å². The fourth-order valence-corrected chi connectivity index (χ4v) is 2.02. The van der Waals surface area contributed by atoms with E-state index in [1.54, 1.807) is 19.4 Å². The molecule has 0 fully saturated rings. The molecule has 0 saturated heterocycles. The van der Waals surface area contributed by atoms with Gasteiger partial charge in [0, 0.05) is 6.20 Å². The third-order valence-corrected chi connectivity index (χ3v) is 3.02. The molecule has 0 aliphatic heterocycles. The van der Waals surface area contributed by atoms with Gasteiger partial charge >= 0.3 is 0 Å². The van der Waals surface area contributed by atoms with Crippen LogP contribution in [0.2, 0.25) is 0 Å². The molecule has 21 heavy (non-hydrogen) atoms. The molecule has 1 heterocycles. The minimum absolute atomic E-state index is 0.342. The van der Waals surface area contributed by atoms with Gasteiger partial charge in [-0.25, -0.2) is 4.98 Å². The van der Waals surface area contributed by atoms with Crippen molar-refractivity contribution >= 4 is 0 Å². The van der Waals surface area contributed by atoms with Gasteiger partial charge in [-0.1, -0.05) is 12.1 Å². The zero-order chi connectivity index (χ0) is 15.1. The molecule has 5 heteroatoms. The van der Waals surface area contributed by atoms with Crippen molar-refractivity contribution < 1.29 is 9.47 Å². The second kappa shape index (κ2) is 7.27. The predicted octanol–water partition coefficient (Wildman–Crippen LogP) is 2.04. The summed E-state index contributed by atoms with van der Waals surface area (Å²) in [6, 6.07) is 11.3. The Bertz CT molecular complexity index is 650. The lowest BCUT2D eigenvalue weighted by atomic mass is 10.1. The molecule has 0 bridgehead atoms. The van der Waals surface area contributed by atoms with Gasteiger partial charge in [-0.2, -0.15) is 5.26 Å². The summed E-state index contributed by atoms with van der Waals surface area (Å²) in [5.74, 6) is 1.37. The maximum Gasteiger partial charge on any atom is 0.164 e. The first-order chi connectivity index (χ1) is 10.3. The standard InChI is InChI=1S/C16H17N3O2/c1-20-15-4-2-3-13(5-7-17)16(15)21-11-12-6-8-19-14(9-12)10-18/h2-4,6,8-9H,5,7,11,17H2,1H3. The molecule has 0 aliphatic carbocycles. The molecule has 0 radical (unpaired) electrons. The van der Waals surface area contributed by atoms with Crippen LogP contribution < -0.4 is 15.2 Å². The number of benzene rings is 1. The molecule has 2 rings (SSSR count). The number of aromatic nitrogens is 1. The van der Waals surface area contributed by atoms with Crippen molar-refractivity contribution in [3.05, 3.63) is 53.3 Å². The molecule has 5 nitrogen and oxygen atoms in total. The molecule has 0 saturated carbocycles. The average molecular weight is 283 g/mol. The molecule has 0 amide bonds. The van der Waals surface area contributed by atoms with E-state index in [0.717, 1.165) is 11.1 Å². The number of nitrogens with zero attached hydrogens (tertiary/aromatic N) is 2. The highest BCUT2D eigenvalue weighted by atomic mass is 16.5. The molecule has 0 atom stereocenters. The van der Waals surface area contributed by atoms with Gasteiger partial charge in [0.15, 0.2) is 11.5 Å². The highest BCUT2D eigenvalue weighted by Crippen LogP contribution is 2.32. The number of hydrogen-bond acceptors (Lipinski definition) is 5. The molecule has 2 aromatic rings. The van der Waals surface area contributed by atoms with Crippen LogP contribution in [-0.2, 0) is 13.0 Å². The number of pyridine rings is 1. The number of rotatable bonds is 6. The Morgan fingerprint density at radius 2 is 2.19 bits per heavy atom. The summed E-state index contributed by atoms with van der Waals surface area (Å²) in [5, 5.41) is 8.86. The van der Waals surface area contributed by atoms with E-state index in [-0.39, 0.29) is 0 Å². The lowest BCUT2D eigenvalue weighted by molar-refractivity contribution is 0.281. The lowest BCUT2D eigenvalue weighted by Gasteiger charge is -2.14. The number of nitriles is 1. The number of nitrogens with two attached hydrogens (primary N) is 1. The lowest BCUT2D eigenvalue weighted by Crippen LogP contribution is -2.06. The van der Waals surface area contributed by atoms with E-state index in [1.807, 2.05) is 30.3 Å². The second-order valence-corrected chi connectivity index (χ2v) is 4.44. The van der Waals surface area contributed by atoms with Gasteiger partial charge in [0.05, 0.1) is 7.11 Å². The molecule has 108 valence electrons. The van der Waals surface area contributed by atoms with Gasteiger partial charge in [-0.15, -0.1) is 0 Å².